The smallest absolute Gasteiger partial charge is 0.423 e. The minimum Gasteiger partial charge on any atom is -0.423 e. The fourth-order valence-corrected chi connectivity index (χ4v) is 2.74. The molecular weight excluding hydrogens is 326 g/mol. The van der Waals surface area contributed by atoms with Crippen molar-refractivity contribution in [1.82, 2.24) is 0 Å². The SMILES string of the molecule is OB(O)c1ccc2ccccc2c1.OB(O)c1ccc2ccccc2c1. The van der Waals surface area contributed by atoms with Crippen molar-refractivity contribution in [2.24, 2.45) is 0 Å². The van der Waals surface area contributed by atoms with Gasteiger partial charge in [-0.15, -0.1) is 0 Å². The molecule has 0 aliphatic rings. The molecule has 26 heavy (non-hydrogen) atoms. The largest absolute Gasteiger partial charge is 0.488 e. The summed E-state index contributed by atoms with van der Waals surface area (Å²) in [7, 11) is -2.77. The Morgan fingerprint density at radius 2 is 0.769 bits per heavy atom. The van der Waals surface area contributed by atoms with Crippen LogP contribution >= 0.6 is 0 Å². The van der Waals surface area contributed by atoms with Gasteiger partial charge in [0.15, 0.2) is 0 Å². The van der Waals surface area contributed by atoms with Crippen LogP contribution in [0.2, 0.25) is 0 Å². The second-order valence-corrected chi connectivity index (χ2v) is 5.96. The maximum Gasteiger partial charge on any atom is 0.488 e. The van der Waals surface area contributed by atoms with E-state index in [9.17, 15) is 0 Å². The molecular formula is C20H18B2O4. The molecule has 0 saturated heterocycles. The second-order valence-electron chi connectivity index (χ2n) is 5.96. The van der Waals surface area contributed by atoms with Crippen molar-refractivity contribution in [1.29, 1.82) is 0 Å². The highest BCUT2D eigenvalue weighted by Gasteiger charge is 2.10. The molecule has 0 bridgehead atoms. The summed E-state index contributed by atoms with van der Waals surface area (Å²) < 4.78 is 0. The molecule has 0 aliphatic heterocycles. The highest BCUT2D eigenvalue weighted by Crippen LogP contribution is 2.11. The summed E-state index contributed by atoms with van der Waals surface area (Å²) >= 11 is 0. The van der Waals surface area contributed by atoms with E-state index in [0.717, 1.165) is 21.5 Å². The Kier molecular flexibility index (Phi) is 5.71. The van der Waals surface area contributed by atoms with Gasteiger partial charge in [-0.05, 0) is 32.5 Å². The standard InChI is InChI=1S/2C10H9BO2/c2*12-11(13)10-6-5-8-3-1-2-4-9(8)7-10/h2*1-7,12-13H. The Bertz CT molecular complexity index is 935. The fourth-order valence-electron chi connectivity index (χ4n) is 2.74. The number of hydrogen-bond acceptors (Lipinski definition) is 4. The number of fused-ring (bicyclic) bond motifs is 2. The zero-order valence-electron chi connectivity index (χ0n) is 14.0. The predicted molar refractivity (Wildman–Crippen MR) is 108 cm³/mol. The van der Waals surface area contributed by atoms with Crippen molar-refractivity contribution in [3.05, 3.63) is 84.9 Å². The van der Waals surface area contributed by atoms with Gasteiger partial charge >= 0.3 is 14.2 Å². The lowest BCUT2D eigenvalue weighted by Crippen LogP contribution is -2.29. The Hall–Kier alpha value is -2.63. The van der Waals surface area contributed by atoms with Crippen LogP contribution in [0.1, 0.15) is 0 Å². The monoisotopic (exact) mass is 344 g/mol. The van der Waals surface area contributed by atoms with E-state index in [1.54, 1.807) is 24.3 Å². The van der Waals surface area contributed by atoms with Crippen molar-refractivity contribution in [2.45, 2.75) is 0 Å². The first-order chi connectivity index (χ1) is 12.5. The molecule has 0 amide bonds. The average molecular weight is 344 g/mol. The Morgan fingerprint density at radius 1 is 0.423 bits per heavy atom. The van der Waals surface area contributed by atoms with Crippen LogP contribution in [0.5, 0.6) is 0 Å². The molecule has 0 saturated carbocycles. The summed E-state index contributed by atoms with van der Waals surface area (Å²) in [6, 6.07) is 26.4. The number of rotatable bonds is 2. The summed E-state index contributed by atoms with van der Waals surface area (Å²) in [4.78, 5) is 0. The van der Waals surface area contributed by atoms with Gasteiger partial charge in [-0.3, -0.25) is 0 Å². The Labute approximate surface area is 152 Å². The molecule has 0 spiro atoms. The zero-order valence-corrected chi connectivity index (χ0v) is 14.0. The molecule has 6 heteroatoms. The van der Waals surface area contributed by atoms with Crippen LogP contribution in [-0.4, -0.2) is 34.3 Å². The lowest BCUT2D eigenvalue weighted by atomic mass is 9.79. The maximum absolute atomic E-state index is 8.94. The molecule has 0 aliphatic carbocycles. The highest BCUT2D eigenvalue weighted by molar-refractivity contribution is 6.59. The van der Waals surface area contributed by atoms with Gasteiger partial charge < -0.3 is 20.1 Å². The molecule has 4 aromatic carbocycles. The third-order valence-electron chi connectivity index (χ3n) is 4.14. The van der Waals surface area contributed by atoms with Gasteiger partial charge in [-0.2, -0.15) is 0 Å². The summed E-state index contributed by atoms with van der Waals surface area (Å²) in [5.74, 6) is 0. The lowest BCUT2D eigenvalue weighted by Gasteiger charge is -2.01. The average Bonchev–Trinajstić information content (AvgIpc) is 2.67. The first-order valence-electron chi connectivity index (χ1n) is 8.24. The van der Waals surface area contributed by atoms with Gasteiger partial charge in [0.1, 0.15) is 0 Å². The third kappa shape index (κ3) is 4.31. The second kappa shape index (κ2) is 8.17. The van der Waals surface area contributed by atoms with Crippen molar-refractivity contribution in [3.8, 4) is 0 Å². The minimum absolute atomic E-state index is 0.527. The van der Waals surface area contributed by atoms with Crippen molar-refractivity contribution in [2.75, 3.05) is 0 Å². The molecule has 4 N–H and O–H groups in total. The maximum atomic E-state index is 8.94. The molecule has 0 aromatic heterocycles. The summed E-state index contributed by atoms with van der Waals surface area (Å²) in [5, 5.41) is 40.0. The Balaban J connectivity index is 0.000000151. The van der Waals surface area contributed by atoms with Crippen LogP contribution in [-0.2, 0) is 0 Å². The van der Waals surface area contributed by atoms with Crippen LogP contribution in [0.25, 0.3) is 21.5 Å². The topological polar surface area (TPSA) is 80.9 Å². The van der Waals surface area contributed by atoms with E-state index < -0.39 is 14.2 Å². The van der Waals surface area contributed by atoms with Gasteiger partial charge in [0.25, 0.3) is 0 Å². The lowest BCUT2D eigenvalue weighted by molar-refractivity contribution is 0.424. The van der Waals surface area contributed by atoms with E-state index in [1.165, 1.54) is 0 Å². The number of benzene rings is 4. The molecule has 4 nitrogen and oxygen atoms in total. The van der Waals surface area contributed by atoms with Gasteiger partial charge in [-0.1, -0.05) is 84.9 Å². The normalized spacial score (nSPS) is 10.3. The Morgan fingerprint density at radius 3 is 1.12 bits per heavy atom. The molecule has 4 aromatic rings. The first kappa shape index (κ1) is 18.2. The van der Waals surface area contributed by atoms with Gasteiger partial charge in [0.05, 0.1) is 0 Å². The van der Waals surface area contributed by atoms with Gasteiger partial charge in [0, 0.05) is 0 Å². The minimum atomic E-state index is -1.38. The van der Waals surface area contributed by atoms with Crippen molar-refractivity contribution in [3.63, 3.8) is 0 Å². The fraction of sp³-hybridized carbons (Fsp3) is 0. The highest BCUT2D eigenvalue weighted by atomic mass is 16.4. The van der Waals surface area contributed by atoms with E-state index in [0.29, 0.717) is 10.9 Å². The van der Waals surface area contributed by atoms with Crippen LogP contribution in [0.4, 0.5) is 0 Å². The third-order valence-corrected chi connectivity index (χ3v) is 4.14. The molecule has 0 unspecified atom stereocenters. The van der Waals surface area contributed by atoms with E-state index in [4.69, 9.17) is 20.1 Å². The van der Waals surface area contributed by atoms with E-state index in [1.807, 2.05) is 60.7 Å². The van der Waals surface area contributed by atoms with Gasteiger partial charge in [0.2, 0.25) is 0 Å². The van der Waals surface area contributed by atoms with Crippen molar-refractivity contribution >= 4 is 46.7 Å². The zero-order chi connectivity index (χ0) is 18.5. The van der Waals surface area contributed by atoms with Crippen LogP contribution in [0.15, 0.2) is 84.9 Å². The molecule has 0 fully saturated rings. The summed E-state index contributed by atoms with van der Waals surface area (Å²) in [6.07, 6.45) is 0. The molecule has 4 rings (SSSR count). The quantitative estimate of drug-likeness (QED) is 0.410. The van der Waals surface area contributed by atoms with E-state index in [2.05, 4.69) is 0 Å². The van der Waals surface area contributed by atoms with E-state index in [-0.39, 0.29) is 0 Å². The molecule has 0 heterocycles. The first-order valence-corrected chi connectivity index (χ1v) is 8.24. The summed E-state index contributed by atoms with van der Waals surface area (Å²) in [5.41, 5.74) is 1.05. The number of hydrogen-bond donors (Lipinski definition) is 4. The molecule has 128 valence electrons. The van der Waals surface area contributed by atoms with Gasteiger partial charge in [-0.25, -0.2) is 0 Å². The molecule has 0 atom stereocenters. The van der Waals surface area contributed by atoms with E-state index >= 15 is 0 Å². The van der Waals surface area contributed by atoms with Crippen LogP contribution < -0.4 is 10.9 Å². The predicted octanol–water partition coefficient (Wildman–Crippen LogP) is 1.04. The summed E-state index contributed by atoms with van der Waals surface area (Å²) in [6.45, 7) is 0. The van der Waals surface area contributed by atoms with Crippen LogP contribution in [0.3, 0.4) is 0 Å². The molecule has 0 radical (unpaired) electrons. The van der Waals surface area contributed by atoms with Crippen LogP contribution in [0, 0.1) is 0 Å². The van der Waals surface area contributed by atoms with Crippen molar-refractivity contribution < 1.29 is 20.1 Å².